The van der Waals surface area contributed by atoms with Crippen molar-refractivity contribution < 1.29 is 21.6 Å². The number of aryl methyl sites for hydroxylation is 1. The molecule has 5 rings (SSSR count). The minimum Gasteiger partial charge on any atom is -0.299 e. The van der Waals surface area contributed by atoms with Crippen LogP contribution >= 0.6 is 0 Å². The lowest BCUT2D eigenvalue weighted by atomic mass is 9.68. The Kier molecular flexibility index (Phi) is 7.35. The van der Waals surface area contributed by atoms with E-state index in [0.29, 0.717) is 28.9 Å². The number of anilines is 1. The summed E-state index contributed by atoms with van der Waals surface area (Å²) in [5, 5.41) is 15.9. The summed E-state index contributed by atoms with van der Waals surface area (Å²) >= 11 is 0. The van der Waals surface area contributed by atoms with Gasteiger partial charge in [-0.2, -0.15) is 5.26 Å². The van der Waals surface area contributed by atoms with Crippen LogP contribution in [0.3, 0.4) is 0 Å². The number of nitrogens with two attached hydrogens (primary N) is 1. The Morgan fingerprint density at radius 3 is 2.07 bits per heavy atom. The van der Waals surface area contributed by atoms with E-state index in [0.717, 1.165) is 5.56 Å². The third-order valence-electron chi connectivity index (χ3n) is 7.46. The van der Waals surface area contributed by atoms with Gasteiger partial charge in [-0.25, -0.2) is 22.0 Å². The number of hydrogen-bond donors (Lipinski definition) is 2. The molecule has 1 atom stereocenters. The summed E-state index contributed by atoms with van der Waals surface area (Å²) in [5.74, 6) is -0.987. The van der Waals surface area contributed by atoms with Crippen LogP contribution in [0.1, 0.15) is 43.7 Å². The number of nitrogens with one attached hydrogen (secondary N) is 1. The molecule has 0 radical (unpaired) electrons. The van der Waals surface area contributed by atoms with Crippen LogP contribution in [0, 0.1) is 23.7 Å². The molecule has 0 saturated heterocycles. The molecule has 1 aliphatic carbocycles. The van der Waals surface area contributed by atoms with Gasteiger partial charge in [0.2, 0.25) is 10.0 Å². The van der Waals surface area contributed by atoms with Crippen LogP contribution in [0.15, 0.2) is 111 Å². The first-order valence-corrected chi connectivity index (χ1v) is 16.2. The van der Waals surface area contributed by atoms with Gasteiger partial charge < -0.3 is 0 Å². The highest BCUT2D eigenvalue weighted by molar-refractivity contribution is 7.89. The summed E-state index contributed by atoms with van der Waals surface area (Å²) in [7, 11) is -8.21. The second kappa shape index (κ2) is 10.5. The van der Waals surface area contributed by atoms with Crippen LogP contribution in [0.4, 0.5) is 5.69 Å². The van der Waals surface area contributed by atoms with Crippen LogP contribution in [-0.2, 0) is 24.8 Å². The number of benzene rings is 3. The average molecular weight is 603 g/mol. The second-order valence-corrected chi connectivity index (χ2v) is 14.6. The monoisotopic (exact) mass is 602 g/mol. The number of Topliss-reactive ketones (excluding diaryl/α,β-unsaturated/α-hetero) is 1. The van der Waals surface area contributed by atoms with Crippen molar-refractivity contribution in [1.82, 2.24) is 4.72 Å². The molecule has 11 heteroatoms. The number of primary sulfonamides is 1. The molecular weight excluding hydrogens is 572 g/mol. The predicted octanol–water partition coefficient (Wildman–Crippen LogP) is 4.60. The number of nitriles is 1. The van der Waals surface area contributed by atoms with E-state index >= 15 is 0 Å². The minimum atomic E-state index is -4.20. The summed E-state index contributed by atoms with van der Waals surface area (Å²) in [6.07, 6.45) is 0.638. The second-order valence-electron chi connectivity index (χ2n) is 11.3. The van der Waals surface area contributed by atoms with Gasteiger partial charge in [-0.15, -0.1) is 0 Å². The summed E-state index contributed by atoms with van der Waals surface area (Å²) in [5.41, 5.74) is 2.43. The Labute approximate surface area is 246 Å². The Bertz CT molecular complexity index is 1890. The molecule has 0 fully saturated rings. The fourth-order valence-corrected chi connectivity index (χ4v) is 7.12. The first-order chi connectivity index (χ1) is 19.7. The lowest BCUT2D eigenvalue weighted by molar-refractivity contribution is -0.118. The zero-order chi connectivity index (χ0) is 30.4. The molecule has 0 amide bonds. The van der Waals surface area contributed by atoms with Crippen molar-refractivity contribution in [2.45, 2.75) is 49.3 Å². The molecule has 3 N–H and O–H groups in total. The van der Waals surface area contributed by atoms with E-state index in [2.05, 4.69) is 10.8 Å². The summed E-state index contributed by atoms with van der Waals surface area (Å²) < 4.78 is 54.2. The van der Waals surface area contributed by atoms with Gasteiger partial charge in [0.05, 0.1) is 27.4 Å². The van der Waals surface area contributed by atoms with E-state index in [1.54, 1.807) is 29.2 Å². The van der Waals surface area contributed by atoms with Crippen molar-refractivity contribution in [3.63, 3.8) is 0 Å². The molecule has 1 unspecified atom stereocenters. The summed E-state index contributed by atoms with van der Waals surface area (Å²) in [6.45, 7) is 5.75. The highest BCUT2D eigenvalue weighted by Crippen LogP contribution is 2.50. The molecule has 3 aromatic carbocycles. The summed E-state index contributed by atoms with van der Waals surface area (Å²) in [4.78, 5) is 15.3. The van der Waals surface area contributed by atoms with Crippen LogP contribution < -0.4 is 14.8 Å². The smallest absolute Gasteiger partial charge is 0.263 e. The van der Waals surface area contributed by atoms with Crippen molar-refractivity contribution in [3.05, 3.63) is 113 Å². The van der Waals surface area contributed by atoms with Crippen molar-refractivity contribution in [3.8, 4) is 6.07 Å². The molecule has 2 aliphatic rings. The minimum absolute atomic E-state index is 0.00139. The molecule has 1 heterocycles. The number of sulfonamides is 2. The SMILES string of the molecule is Cc1ccc(S(=O)(=O)NC2=C(C#N)C(c3ccccc3)C3=C(CC(C)(C)CC3=O)N2c2ccc(S(N)(=O)=O)cc2)cc1. The maximum absolute atomic E-state index is 13.8. The van der Waals surface area contributed by atoms with E-state index in [1.807, 2.05) is 39.0 Å². The standard InChI is InChI=1S/C31H30N4O5S2/c1-20-9-13-24(14-10-20)42(39,40)34-30-25(19-32)28(21-7-5-4-6-8-21)29-26(17-31(2,3)18-27(29)36)35(30)22-11-15-23(16-12-22)41(33,37)38/h4-16,28,34H,17-18H2,1-3H3,(H2,33,37,38). The van der Waals surface area contributed by atoms with Crippen LogP contribution in [0.2, 0.25) is 0 Å². The molecule has 0 spiro atoms. The number of carbonyl (C=O) groups excluding carboxylic acids is 1. The lowest BCUT2D eigenvalue weighted by Crippen LogP contribution is -2.44. The number of nitrogens with zero attached hydrogens (tertiary/aromatic N) is 2. The maximum Gasteiger partial charge on any atom is 0.263 e. The fraction of sp³-hybridized carbons (Fsp3) is 0.226. The third-order valence-corrected chi connectivity index (χ3v) is 9.75. The van der Waals surface area contributed by atoms with Gasteiger partial charge in [0.25, 0.3) is 10.0 Å². The number of hydrogen-bond acceptors (Lipinski definition) is 7. The first kappa shape index (κ1) is 29.3. The van der Waals surface area contributed by atoms with Gasteiger partial charge >= 0.3 is 0 Å². The van der Waals surface area contributed by atoms with Crippen molar-refractivity contribution in [1.29, 1.82) is 5.26 Å². The lowest BCUT2D eigenvalue weighted by Gasteiger charge is -2.44. The zero-order valence-electron chi connectivity index (χ0n) is 23.3. The van der Waals surface area contributed by atoms with E-state index in [1.165, 1.54) is 36.4 Å². The molecule has 3 aromatic rings. The quantitative estimate of drug-likeness (QED) is 0.418. The number of rotatable bonds is 6. The van der Waals surface area contributed by atoms with Crippen molar-refractivity contribution in [2.75, 3.05) is 4.90 Å². The van der Waals surface area contributed by atoms with E-state index in [-0.39, 0.29) is 33.4 Å². The van der Waals surface area contributed by atoms with Crippen molar-refractivity contribution >= 4 is 31.5 Å². The third kappa shape index (κ3) is 5.48. The Balaban J connectivity index is 1.80. The maximum atomic E-state index is 13.8. The number of ketones is 1. The largest absolute Gasteiger partial charge is 0.299 e. The topological polar surface area (TPSA) is 150 Å². The Morgan fingerprint density at radius 1 is 0.905 bits per heavy atom. The zero-order valence-corrected chi connectivity index (χ0v) is 25.0. The Morgan fingerprint density at radius 2 is 1.50 bits per heavy atom. The normalized spacial score (nSPS) is 18.9. The average Bonchev–Trinajstić information content (AvgIpc) is 2.92. The molecule has 1 aliphatic heterocycles. The van der Waals surface area contributed by atoms with Crippen LogP contribution in [0.25, 0.3) is 0 Å². The molecule has 0 saturated carbocycles. The van der Waals surface area contributed by atoms with Gasteiger partial charge in [0.15, 0.2) is 5.78 Å². The summed E-state index contributed by atoms with van der Waals surface area (Å²) in [6, 6.07) is 23.1. The van der Waals surface area contributed by atoms with E-state index in [9.17, 15) is 26.9 Å². The fourth-order valence-electron chi connectivity index (χ4n) is 5.54. The molecule has 0 bridgehead atoms. The van der Waals surface area contributed by atoms with Crippen LogP contribution in [-0.4, -0.2) is 22.6 Å². The molecule has 9 nitrogen and oxygen atoms in total. The Hall–Kier alpha value is -4.24. The molecular formula is C31H30N4O5S2. The van der Waals surface area contributed by atoms with Gasteiger partial charge in [-0.3, -0.25) is 14.4 Å². The molecule has 0 aromatic heterocycles. The highest BCUT2D eigenvalue weighted by Gasteiger charge is 2.46. The van der Waals surface area contributed by atoms with E-state index < -0.39 is 31.4 Å². The number of carbonyl (C=O) groups is 1. The first-order valence-electron chi connectivity index (χ1n) is 13.2. The predicted molar refractivity (Wildman–Crippen MR) is 159 cm³/mol. The van der Waals surface area contributed by atoms with Gasteiger partial charge in [0.1, 0.15) is 5.82 Å². The van der Waals surface area contributed by atoms with Crippen molar-refractivity contribution in [2.24, 2.45) is 10.6 Å². The van der Waals surface area contributed by atoms with Gasteiger partial charge in [-0.05, 0) is 60.7 Å². The molecule has 216 valence electrons. The van der Waals surface area contributed by atoms with Gasteiger partial charge in [-0.1, -0.05) is 61.9 Å². The van der Waals surface area contributed by atoms with E-state index in [4.69, 9.17) is 5.14 Å². The highest BCUT2D eigenvalue weighted by atomic mass is 32.2. The number of allylic oxidation sites excluding steroid dienone is 3. The van der Waals surface area contributed by atoms with Crippen LogP contribution in [0.5, 0.6) is 0 Å². The molecule has 42 heavy (non-hydrogen) atoms. The van der Waals surface area contributed by atoms with Gasteiger partial charge in [0, 0.05) is 23.4 Å².